The van der Waals surface area contributed by atoms with Crippen molar-refractivity contribution in [3.63, 3.8) is 0 Å². The van der Waals surface area contributed by atoms with Crippen molar-refractivity contribution in [3.05, 3.63) is 29.0 Å². The molecule has 1 aromatic carbocycles. The third-order valence-corrected chi connectivity index (χ3v) is 4.77. The molecule has 4 nitrogen and oxygen atoms in total. The van der Waals surface area contributed by atoms with Gasteiger partial charge in [0.1, 0.15) is 10.7 Å². The predicted octanol–water partition coefficient (Wildman–Crippen LogP) is 2.17. The predicted molar refractivity (Wildman–Crippen MR) is 77.2 cm³/mol. The van der Waals surface area contributed by atoms with Crippen molar-refractivity contribution in [3.8, 4) is 0 Å². The highest BCUT2D eigenvalue weighted by atomic mass is 35.5. The summed E-state index contributed by atoms with van der Waals surface area (Å²) >= 11 is 10.6. The minimum Gasteiger partial charge on any atom is -0.392 e. The molecule has 106 valence electrons. The fraction of sp³-hybridized carbons (Fsp3) is 0.364. The van der Waals surface area contributed by atoms with Gasteiger partial charge in [0.2, 0.25) is 10.0 Å². The summed E-state index contributed by atoms with van der Waals surface area (Å²) in [7, 11) is -3.92. The molecule has 8 heteroatoms. The first kappa shape index (κ1) is 16.3. The van der Waals surface area contributed by atoms with Crippen LogP contribution >= 0.6 is 23.8 Å². The van der Waals surface area contributed by atoms with Crippen LogP contribution in [0.1, 0.15) is 13.3 Å². The number of halogens is 2. The second kappa shape index (κ2) is 6.60. The van der Waals surface area contributed by atoms with Crippen molar-refractivity contribution >= 4 is 38.8 Å². The lowest BCUT2D eigenvalue weighted by Crippen LogP contribution is -2.38. The van der Waals surface area contributed by atoms with Gasteiger partial charge in [-0.05, 0) is 24.6 Å². The second-order valence-corrected chi connectivity index (χ2v) is 6.72. The van der Waals surface area contributed by atoms with E-state index in [4.69, 9.17) is 29.6 Å². The summed E-state index contributed by atoms with van der Waals surface area (Å²) in [4.78, 5) is -0.233. The molecule has 0 spiro atoms. The van der Waals surface area contributed by atoms with E-state index in [1.165, 1.54) is 6.07 Å². The van der Waals surface area contributed by atoms with E-state index in [9.17, 15) is 12.8 Å². The Bertz CT molecular complexity index is 578. The molecule has 0 aliphatic rings. The molecule has 0 aliphatic carbocycles. The molecule has 0 atom stereocenters. The van der Waals surface area contributed by atoms with Crippen LogP contribution in [-0.4, -0.2) is 30.8 Å². The molecular weight excluding hydrogens is 311 g/mol. The van der Waals surface area contributed by atoms with Gasteiger partial charge in [0.15, 0.2) is 0 Å². The first-order valence-electron chi connectivity index (χ1n) is 5.52. The molecule has 0 saturated carbocycles. The van der Waals surface area contributed by atoms with Gasteiger partial charge < -0.3 is 5.73 Å². The number of rotatable bonds is 6. The molecule has 1 rings (SSSR count). The minimum atomic E-state index is -3.92. The van der Waals surface area contributed by atoms with Crippen LogP contribution in [0.3, 0.4) is 0 Å². The summed E-state index contributed by atoms with van der Waals surface area (Å²) < 4.78 is 39.1. The first-order chi connectivity index (χ1) is 8.78. The van der Waals surface area contributed by atoms with E-state index in [1.807, 2.05) is 6.92 Å². The van der Waals surface area contributed by atoms with Gasteiger partial charge in [-0.15, -0.1) is 0 Å². The van der Waals surface area contributed by atoms with Crippen molar-refractivity contribution in [1.29, 1.82) is 0 Å². The molecular formula is C11H14ClFN2O2S2. The number of hydrogen-bond acceptors (Lipinski definition) is 3. The Morgan fingerprint density at radius 1 is 1.53 bits per heavy atom. The van der Waals surface area contributed by atoms with E-state index in [2.05, 4.69) is 0 Å². The van der Waals surface area contributed by atoms with Crippen molar-refractivity contribution in [2.24, 2.45) is 5.73 Å². The Morgan fingerprint density at radius 2 is 2.16 bits per heavy atom. The average molecular weight is 325 g/mol. The molecule has 0 fully saturated rings. The van der Waals surface area contributed by atoms with Crippen LogP contribution in [0.2, 0.25) is 5.02 Å². The van der Waals surface area contributed by atoms with Crippen molar-refractivity contribution in [2.75, 3.05) is 13.1 Å². The quantitative estimate of drug-likeness (QED) is 0.815. The molecule has 0 heterocycles. The fourth-order valence-corrected chi connectivity index (χ4v) is 3.76. The van der Waals surface area contributed by atoms with Gasteiger partial charge in [-0.1, -0.05) is 30.7 Å². The van der Waals surface area contributed by atoms with Crippen molar-refractivity contribution in [1.82, 2.24) is 4.31 Å². The van der Waals surface area contributed by atoms with Crippen LogP contribution in [-0.2, 0) is 10.0 Å². The van der Waals surface area contributed by atoms with Gasteiger partial charge in [-0.25, -0.2) is 12.8 Å². The van der Waals surface area contributed by atoms with Gasteiger partial charge >= 0.3 is 0 Å². The number of thiocarbonyl (C=S) groups is 1. The SMILES string of the molecule is CCCN(CC(N)=S)S(=O)(=O)c1cc(F)ccc1Cl. The topological polar surface area (TPSA) is 63.4 Å². The molecule has 0 saturated heterocycles. The largest absolute Gasteiger partial charge is 0.392 e. The van der Waals surface area contributed by atoms with E-state index in [-0.39, 0.29) is 28.0 Å². The maximum Gasteiger partial charge on any atom is 0.245 e. The fourth-order valence-electron chi connectivity index (χ4n) is 1.52. The third-order valence-electron chi connectivity index (χ3n) is 2.32. The second-order valence-electron chi connectivity index (χ2n) is 3.88. The van der Waals surface area contributed by atoms with Crippen LogP contribution in [0.4, 0.5) is 4.39 Å². The van der Waals surface area contributed by atoms with Crippen LogP contribution in [0, 0.1) is 5.82 Å². The van der Waals surface area contributed by atoms with E-state index >= 15 is 0 Å². The lowest BCUT2D eigenvalue weighted by Gasteiger charge is -2.21. The highest BCUT2D eigenvalue weighted by molar-refractivity contribution is 7.89. The molecule has 0 aromatic heterocycles. The van der Waals surface area contributed by atoms with E-state index in [1.54, 1.807) is 0 Å². The smallest absolute Gasteiger partial charge is 0.245 e. The van der Waals surface area contributed by atoms with Gasteiger partial charge in [-0.3, -0.25) is 0 Å². The van der Waals surface area contributed by atoms with Gasteiger partial charge in [-0.2, -0.15) is 4.31 Å². The highest BCUT2D eigenvalue weighted by Crippen LogP contribution is 2.25. The molecule has 0 amide bonds. The van der Waals surface area contributed by atoms with Gasteiger partial charge in [0, 0.05) is 6.54 Å². The van der Waals surface area contributed by atoms with Crippen LogP contribution in [0.25, 0.3) is 0 Å². The van der Waals surface area contributed by atoms with Crippen LogP contribution in [0.15, 0.2) is 23.1 Å². The summed E-state index contributed by atoms with van der Waals surface area (Å²) in [6.07, 6.45) is 0.578. The molecule has 2 N–H and O–H groups in total. The monoisotopic (exact) mass is 324 g/mol. The summed E-state index contributed by atoms with van der Waals surface area (Å²) in [6.45, 7) is 1.94. The Balaban J connectivity index is 3.25. The third kappa shape index (κ3) is 4.10. The summed E-state index contributed by atoms with van der Waals surface area (Å²) in [6, 6.07) is 3.19. The Morgan fingerprint density at radius 3 is 2.68 bits per heavy atom. The molecule has 0 unspecified atom stereocenters. The maximum absolute atomic E-state index is 13.2. The van der Waals surface area contributed by atoms with Crippen LogP contribution in [0.5, 0.6) is 0 Å². The molecule has 0 aliphatic heterocycles. The lowest BCUT2D eigenvalue weighted by molar-refractivity contribution is 0.449. The number of nitrogens with two attached hydrogens (primary N) is 1. The number of benzene rings is 1. The Kier molecular flexibility index (Phi) is 5.66. The summed E-state index contributed by atoms with van der Waals surface area (Å²) in [5, 5.41) is -0.0366. The van der Waals surface area contributed by atoms with Crippen molar-refractivity contribution < 1.29 is 12.8 Å². The zero-order chi connectivity index (χ0) is 14.6. The van der Waals surface area contributed by atoms with Gasteiger partial charge in [0.05, 0.1) is 16.6 Å². The molecule has 1 aromatic rings. The van der Waals surface area contributed by atoms with E-state index < -0.39 is 15.8 Å². The summed E-state index contributed by atoms with van der Waals surface area (Å²) in [5.74, 6) is -0.672. The maximum atomic E-state index is 13.2. The Labute approximate surface area is 122 Å². The standard InChI is InChI=1S/C11H14ClFN2O2S2/c1-2-5-15(7-11(14)18)19(16,17)10-6-8(13)3-4-9(10)12/h3-4,6H,2,5,7H2,1H3,(H2,14,18). The number of nitrogens with zero attached hydrogens (tertiary/aromatic N) is 1. The van der Waals surface area contributed by atoms with Crippen LogP contribution < -0.4 is 5.73 Å². The number of hydrogen-bond donors (Lipinski definition) is 1. The minimum absolute atomic E-state index is 0.0366. The lowest BCUT2D eigenvalue weighted by atomic mass is 10.3. The first-order valence-corrected chi connectivity index (χ1v) is 7.75. The molecule has 19 heavy (non-hydrogen) atoms. The highest BCUT2D eigenvalue weighted by Gasteiger charge is 2.27. The zero-order valence-corrected chi connectivity index (χ0v) is 12.7. The molecule has 0 radical (unpaired) electrons. The Hall–Kier alpha value is -0.760. The number of sulfonamides is 1. The zero-order valence-electron chi connectivity index (χ0n) is 10.3. The normalized spacial score (nSPS) is 11.8. The van der Waals surface area contributed by atoms with Crippen molar-refractivity contribution in [2.45, 2.75) is 18.2 Å². The van der Waals surface area contributed by atoms with Gasteiger partial charge in [0.25, 0.3) is 0 Å². The summed E-state index contributed by atoms with van der Waals surface area (Å²) in [5.41, 5.74) is 5.38. The average Bonchev–Trinajstić information content (AvgIpc) is 2.31. The molecule has 0 bridgehead atoms. The van der Waals surface area contributed by atoms with E-state index in [0.717, 1.165) is 16.4 Å². The van der Waals surface area contributed by atoms with E-state index in [0.29, 0.717) is 6.42 Å².